The van der Waals surface area contributed by atoms with Gasteiger partial charge in [-0.15, -0.1) is 11.8 Å². The number of hydrogen-bond donors (Lipinski definition) is 0. The van der Waals surface area contributed by atoms with E-state index in [9.17, 15) is 4.79 Å². The third-order valence-electron chi connectivity index (χ3n) is 8.83. The van der Waals surface area contributed by atoms with Gasteiger partial charge < -0.3 is 14.4 Å². The Kier molecular flexibility index (Phi) is 11.9. The summed E-state index contributed by atoms with van der Waals surface area (Å²) in [5, 5.41) is 0. The molecule has 0 aliphatic carbocycles. The van der Waals surface area contributed by atoms with Crippen molar-refractivity contribution in [1.29, 1.82) is 0 Å². The van der Waals surface area contributed by atoms with Crippen molar-refractivity contribution in [3.05, 3.63) is 72.3 Å². The third-order valence-corrected chi connectivity index (χ3v) is 11.6. The van der Waals surface area contributed by atoms with E-state index in [4.69, 9.17) is 9.47 Å². The minimum Gasteiger partial charge on any atom is -0.497 e. The average Bonchev–Trinajstić information content (AvgIpc) is 3.12. The summed E-state index contributed by atoms with van der Waals surface area (Å²) in [7, 11) is -2.44. The van der Waals surface area contributed by atoms with E-state index in [2.05, 4.69) is 18.7 Å². The second-order valence-electron chi connectivity index (χ2n) is 13.1. The van der Waals surface area contributed by atoms with Crippen molar-refractivity contribution in [3.8, 4) is 11.5 Å². The molecule has 0 saturated heterocycles. The fraction of sp³-hybridized carbons (Fsp3) is 0.486. The maximum absolute atomic E-state index is 15.3. The summed E-state index contributed by atoms with van der Waals surface area (Å²) in [5.41, 5.74) is 1.20. The van der Waals surface area contributed by atoms with E-state index in [1.807, 2.05) is 87.7 Å². The molecule has 0 aromatic heterocycles. The number of thioether (sulfide) groups is 1. The molecule has 4 rings (SSSR count). The van der Waals surface area contributed by atoms with Crippen molar-refractivity contribution < 1.29 is 22.7 Å². The number of unbranched alkanes of at least 4 members (excludes halogenated alkanes) is 2. The van der Waals surface area contributed by atoms with Crippen LogP contribution in [0.15, 0.2) is 76.5 Å². The fourth-order valence-corrected chi connectivity index (χ4v) is 8.49. The van der Waals surface area contributed by atoms with Crippen molar-refractivity contribution >= 4 is 38.9 Å². The normalized spacial score (nSPS) is 16.0. The first-order valence-corrected chi connectivity index (χ1v) is 18.9. The van der Waals surface area contributed by atoms with Gasteiger partial charge in [0.1, 0.15) is 23.0 Å². The zero-order chi connectivity index (χ0) is 33.5. The highest BCUT2D eigenvalue weighted by Crippen LogP contribution is 2.48. The summed E-state index contributed by atoms with van der Waals surface area (Å²) in [6.45, 7) is 10.5. The van der Waals surface area contributed by atoms with E-state index in [-0.39, 0.29) is 23.8 Å². The molecule has 0 unspecified atom stereocenters. The summed E-state index contributed by atoms with van der Waals surface area (Å²) < 4.78 is 43.8. The van der Waals surface area contributed by atoms with E-state index >= 15 is 8.42 Å². The van der Waals surface area contributed by atoms with Crippen LogP contribution in [0.25, 0.3) is 0 Å². The van der Waals surface area contributed by atoms with Crippen LogP contribution >= 0.6 is 11.8 Å². The van der Waals surface area contributed by atoms with Crippen LogP contribution in [0.2, 0.25) is 0 Å². The van der Waals surface area contributed by atoms with Crippen molar-refractivity contribution in [2.75, 3.05) is 31.4 Å². The molecule has 250 valence electrons. The molecule has 0 spiro atoms. The Morgan fingerprint density at radius 1 is 0.957 bits per heavy atom. The lowest BCUT2D eigenvalue weighted by Crippen LogP contribution is -2.55. The Bertz CT molecular complexity index is 1560. The number of methoxy groups -OCH3 is 1. The molecule has 9 heteroatoms. The fourth-order valence-electron chi connectivity index (χ4n) is 5.94. The van der Waals surface area contributed by atoms with Gasteiger partial charge in [0.05, 0.1) is 23.2 Å². The predicted molar refractivity (Wildman–Crippen MR) is 189 cm³/mol. The number of anilines is 2. The number of para-hydroxylation sites is 1. The first-order valence-electron chi connectivity index (χ1n) is 16.3. The topological polar surface area (TPSA) is 76.2 Å². The maximum Gasteiger partial charge on any atom is 0.246 e. The number of carbonyl (C=O) groups is 1. The average molecular weight is 667 g/mol. The van der Waals surface area contributed by atoms with Gasteiger partial charge in [0.2, 0.25) is 10.0 Å². The number of ether oxygens (including phenoxy) is 2. The molecule has 0 saturated carbocycles. The highest BCUT2D eigenvalue weighted by atomic mass is 32.2. The van der Waals surface area contributed by atoms with E-state index in [0.29, 0.717) is 18.0 Å². The molecule has 3 aromatic rings. The summed E-state index contributed by atoms with van der Waals surface area (Å²) in [6, 6.07) is 21.3. The summed E-state index contributed by atoms with van der Waals surface area (Å²) in [5.74, 6) is 1.07. The Labute approximate surface area is 280 Å². The number of rotatable bonds is 14. The number of benzene rings is 3. The summed E-state index contributed by atoms with van der Waals surface area (Å²) >= 11 is 1.48. The number of carbonyl (C=O) groups excluding carboxylic acids is 1. The largest absolute Gasteiger partial charge is 0.497 e. The van der Waals surface area contributed by atoms with Gasteiger partial charge in [-0.25, -0.2) is 8.42 Å². The first kappa shape index (κ1) is 35.8. The summed E-state index contributed by atoms with van der Waals surface area (Å²) in [6.07, 6.45) is 7.12. The minimum absolute atomic E-state index is 0.0532. The van der Waals surface area contributed by atoms with E-state index in [0.717, 1.165) is 60.4 Å². The third kappa shape index (κ3) is 7.92. The van der Waals surface area contributed by atoms with Crippen LogP contribution < -0.4 is 14.4 Å². The zero-order valence-corrected chi connectivity index (χ0v) is 30.1. The number of ketones is 1. The van der Waals surface area contributed by atoms with Crippen LogP contribution in [-0.2, 0) is 21.4 Å². The van der Waals surface area contributed by atoms with Gasteiger partial charge in [-0.1, -0.05) is 90.6 Å². The number of sulfonamides is 1. The van der Waals surface area contributed by atoms with Crippen molar-refractivity contribution in [2.45, 2.75) is 95.0 Å². The molecule has 1 heterocycles. The van der Waals surface area contributed by atoms with Crippen LogP contribution in [0.4, 0.5) is 11.4 Å². The second kappa shape index (κ2) is 15.3. The van der Waals surface area contributed by atoms with Crippen LogP contribution in [0.5, 0.6) is 11.5 Å². The molecule has 46 heavy (non-hydrogen) atoms. The molecular weight excluding hydrogens is 617 g/mol. The molecule has 0 N–H and O–H groups in total. The van der Waals surface area contributed by atoms with Crippen molar-refractivity contribution in [3.63, 3.8) is 0 Å². The van der Waals surface area contributed by atoms with E-state index in [1.165, 1.54) is 11.8 Å². The van der Waals surface area contributed by atoms with Gasteiger partial charge in [0.25, 0.3) is 0 Å². The SMILES string of the molecule is CCCCC1(CCCC)CN(c2ccccc2)c2cc(SC)c(OCC(=O)C(C)(C)C)cc2S(=O)(=O)N1Cc1ccc(OC)cc1. The van der Waals surface area contributed by atoms with Crippen LogP contribution in [0.3, 0.4) is 0 Å². The molecule has 0 fully saturated rings. The van der Waals surface area contributed by atoms with E-state index < -0.39 is 21.0 Å². The molecule has 7 nitrogen and oxygen atoms in total. The molecule has 0 amide bonds. The minimum atomic E-state index is -4.07. The highest BCUT2D eigenvalue weighted by molar-refractivity contribution is 7.98. The molecule has 1 aliphatic rings. The number of hydrogen-bond acceptors (Lipinski definition) is 7. The number of Topliss-reactive ketones (excluding diaryl/α,β-unsaturated/α-hetero) is 1. The Morgan fingerprint density at radius 2 is 1.59 bits per heavy atom. The Hall–Kier alpha value is -3.01. The quantitative estimate of drug-likeness (QED) is 0.159. The highest BCUT2D eigenvalue weighted by Gasteiger charge is 2.49. The second-order valence-corrected chi connectivity index (χ2v) is 15.8. The first-order chi connectivity index (χ1) is 21.9. The van der Waals surface area contributed by atoms with Crippen LogP contribution in [-0.4, -0.2) is 50.6 Å². The van der Waals surface area contributed by atoms with Gasteiger partial charge in [0.15, 0.2) is 5.78 Å². The molecule has 0 radical (unpaired) electrons. The molecule has 1 aliphatic heterocycles. The van der Waals surface area contributed by atoms with Gasteiger partial charge in [-0.3, -0.25) is 4.79 Å². The van der Waals surface area contributed by atoms with Crippen LogP contribution in [0, 0.1) is 5.41 Å². The lowest BCUT2D eigenvalue weighted by atomic mass is 9.85. The molecule has 0 bridgehead atoms. The lowest BCUT2D eigenvalue weighted by molar-refractivity contribution is -0.128. The maximum atomic E-state index is 15.3. The predicted octanol–water partition coefficient (Wildman–Crippen LogP) is 8.87. The summed E-state index contributed by atoms with van der Waals surface area (Å²) in [4.78, 5) is 16.0. The monoisotopic (exact) mass is 666 g/mol. The molecule has 3 aromatic carbocycles. The standard InChI is InChI=1S/C37H50N2O5S2/c1-8-10-21-37(22-11-9-2)27-38(29-15-13-12-14-16-29)31-23-33(45-7)32(44-26-35(40)36(3,4)5)24-34(31)46(41,42)39(37)25-28-17-19-30(43-6)20-18-28/h12-20,23-24H,8-11,21-22,25-27H2,1-7H3. The smallest absolute Gasteiger partial charge is 0.246 e. The Balaban J connectivity index is 1.99. The van der Waals surface area contributed by atoms with E-state index in [1.54, 1.807) is 17.5 Å². The van der Waals surface area contributed by atoms with Crippen LogP contribution in [0.1, 0.15) is 78.7 Å². The van der Waals surface area contributed by atoms with Gasteiger partial charge in [-0.05, 0) is 55.0 Å². The van der Waals surface area contributed by atoms with Crippen molar-refractivity contribution in [2.24, 2.45) is 5.41 Å². The number of fused-ring (bicyclic) bond motifs is 1. The van der Waals surface area contributed by atoms with Crippen molar-refractivity contribution in [1.82, 2.24) is 4.31 Å². The molecular formula is C37H50N2O5S2. The Morgan fingerprint density at radius 3 is 2.13 bits per heavy atom. The van der Waals surface area contributed by atoms with Gasteiger partial charge in [-0.2, -0.15) is 4.31 Å². The zero-order valence-electron chi connectivity index (χ0n) is 28.5. The number of nitrogens with zero attached hydrogens (tertiary/aromatic N) is 2. The lowest BCUT2D eigenvalue weighted by Gasteiger charge is -2.44. The van der Waals surface area contributed by atoms with Gasteiger partial charge in [0, 0.05) is 30.3 Å². The van der Waals surface area contributed by atoms with Gasteiger partial charge >= 0.3 is 0 Å². The molecule has 0 atom stereocenters.